The van der Waals surface area contributed by atoms with Crippen molar-refractivity contribution in [3.8, 4) is 11.5 Å². The largest absolute Gasteiger partial charge is 0.483 e. The molecule has 1 fully saturated rings. The van der Waals surface area contributed by atoms with Crippen LogP contribution in [-0.4, -0.2) is 69.9 Å². The minimum Gasteiger partial charge on any atom is -0.483 e. The number of nitrogens with one attached hydrogen (secondary N) is 2. The highest BCUT2D eigenvalue weighted by molar-refractivity contribution is 5.85. The number of rotatable bonds is 2. The molecular formula is C17H22N6O2. The highest BCUT2D eigenvalue weighted by Gasteiger charge is 2.16. The molecule has 1 saturated heterocycles. The number of aryl methyl sites for hydroxylation is 1. The third-order valence-corrected chi connectivity index (χ3v) is 4.39. The number of carbonyl (C=O) groups is 1. The molecule has 3 aromatic rings. The van der Waals surface area contributed by atoms with E-state index < -0.39 is 0 Å². The van der Waals surface area contributed by atoms with Crippen molar-refractivity contribution in [2.45, 2.75) is 6.92 Å². The van der Waals surface area contributed by atoms with Gasteiger partial charge in [-0.3, -0.25) is 9.89 Å². The minimum absolute atomic E-state index is 0.250. The quantitative estimate of drug-likeness (QED) is 0.613. The molecule has 1 aliphatic rings. The number of benzene rings is 1. The van der Waals surface area contributed by atoms with E-state index in [1.807, 2.05) is 6.07 Å². The molecule has 3 N–H and O–H groups in total. The Balaban J connectivity index is 0.000000569. The van der Waals surface area contributed by atoms with E-state index in [2.05, 4.69) is 51.1 Å². The molecule has 2 aromatic heterocycles. The predicted molar refractivity (Wildman–Crippen MR) is 96.8 cm³/mol. The lowest BCUT2D eigenvalue weighted by atomic mass is 10.1. The second-order valence-corrected chi connectivity index (χ2v) is 6.11. The number of piperazine rings is 1. The van der Waals surface area contributed by atoms with Crippen LogP contribution in [0.4, 0.5) is 5.69 Å². The zero-order valence-electron chi connectivity index (χ0n) is 14.4. The van der Waals surface area contributed by atoms with E-state index in [0.717, 1.165) is 48.7 Å². The summed E-state index contributed by atoms with van der Waals surface area (Å²) in [5, 5.41) is 13.8. The molecule has 25 heavy (non-hydrogen) atoms. The fourth-order valence-electron chi connectivity index (χ4n) is 3.03. The highest BCUT2D eigenvalue weighted by atomic mass is 16.3. The van der Waals surface area contributed by atoms with Gasteiger partial charge < -0.3 is 19.9 Å². The summed E-state index contributed by atoms with van der Waals surface area (Å²) in [6, 6.07) is 6.38. The maximum absolute atomic E-state index is 8.36. The first kappa shape index (κ1) is 17.0. The summed E-state index contributed by atoms with van der Waals surface area (Å²) in [7, 11) is 2.18. The van der Waals surface area contributed by atoms with Crippen LogP contribution in [0, 0.1) is 6.92 Å². The number of carboxylic acid groups (broad SMARTS) is 1. The standard InChI is InChI=1S/C16H20N6.CH2O2/c1-11-9-12(22-7-5-21(2)6-8-22)10-14-15(11)19-16(18-14)13-3-4-17-20-13;2-1-3/h3-4,9-10H,5-8H2,1-2H3,(H,17,20)(H,18,19);1H,(H,2,3). The Kier molecular flexibility index (Phi) is 4.99. The van der Waals surface area contributed by atoms with Gasteiger partial charge in [0.15, 0.2) is 5.82 Å². The monoisotopic (exact) mass is 342 g/mol. The molecule has 0 amide bonds. The molecule has 8 nitrogen and oxygen atoms in total. The Morgan fingerprint density at radius 2 is 1.96 bits per heavy atom. The summed E-state index contributed by atoms with van der Waals surface area (Å²) in [4.78, 5) is 21.3. The number of likely N-dealkylation sites (N-methyl/N-ethyl adjacent to an activating group) is 1. The Bertz CT molecular complexity index is 834. The second kappa shape index (κ2) is 7.35. The van der Waals surface area contributed by atoms with Crippen molar-refractivity contribution in [1.82, 2.24) is 25.1 Å². The predicted octanol–water partition coefficient (Wildman–Crippen LogP) is 1.71. The van der Waals surface area contributed by atoms with Crippen molar-refractivity contribution >= 4 is 23.2 Å². The zero-order valence-corrected chi connectivity index (χ0v) is 14.4. The Hall–Kier alpha value is -2.87. The summed E-state index contributed by atoms with van der Waals surface area (Å²) in [5.74, 6) is 0.839. The number of fused-ring (bicyclic) bond motifs is 1. The van der Waals surface area contributed by atoms with E-state index in [0.29, 0.717) is 0 Å². The van der Waals surface area contributed by atoms with Crippen LogP contribution in [0.5, 0.6) is 0 Å². The van der Waals surface area contributed by atoms with Crippen LogP contribution >= 0.6 is 0 Å². The molecule has 0 saturated carbocycles. The normalized spacial score (nSPS) is 15.0. The van der Waals surface area contributed by atoms with Gasteiger partial charge >= 0.3 is 0 Å². The van der Waals surface area contributed by atoms with Crippen LogP contribution in [0.3, 0.4) is 0 Å². The average Bonchev–Trinajstić information content (AvgIpc) is 3.25. The van der Waals surface area contributed by atoms with E-state index in [-0.39, 0.29) is 6.47 Å². The summed E-state index contributed by atoms with van der Waals surface area (Å²) in [6.45, 7) is 6.24. The van der Waals surface area contributed by atoms with Crippen molar-refractivity contribution < 1.29 is 9.90 Å². The Morgan fingerprint density at radius 3 is 2.60 bits per heavy atom. The van der Waals surface area contributed by atoms with Gasteiger partial charge in [-0.25, -0.2) is 4.98 Å². The van der Waals surface area contributed by atoms with Crippen LogP contribution in [0.2, 0.25) is 0 Å². The summed E-state index contributed by atoms with van der Waals surface area (Å²) < 4.78 is 0. The SMILES string of the molecule is Cc1cc(N2CCN(C)CC2)cc2[nH]c(-c3ccn[nH]3)nc12.O=CO. The molecule has 132 valence electrons. The van der Waals surface area contributed by atoms with Crippen molar-refractivity contribution in [1.29, 1.82) is 0 Å². The number of aromatic nitrogens is 4. The average molecular weight is 342 g/mol. The number of nitrogens with zero attached hydrogens (tertiary/aromatic N) is 4. The number of aromatic amines is 2. The Labute approximate surface area is 145 Å². The zero-order chi connectivity index (χ0) is 17.8. The lowest BCUT2D eigenvalue weighted by Crippen LogP contribution is -2.44. The topological polar surface area (TPSA) is 101 Å². The second-order valence-electron chi connectivity index (χ2n) is 6.11. The van der Waals surface area contributed by atoms with Crippen molar-refractivity contribution in [3.63, 3.8) is 0 Å². The summed E-state index contributed by atoms with van der Waals surface area (Å²) in [6.07, 6.45) is 1.74. The van der Waals surface area contributed by atoms with Gasteiger partial charge in [0.05, 0.1) is 11.0 Å². The van der Waals surface area contributed by atoms with Crippen molar-refractivity contribution in [2.75, 3.05) is 38.1 Å². The maximum atomic E-state index is 8.36. The molecule has 8 heteroatoms. The van der Waals surface area contributed by atoms with Crippen LogP contribution in [0.25, 0.3) is 22.6 Å². The van der Waals surface area contributed by atoms with Crippen molar-refractivity contribution in [2.24, 2.45) is 0 Å². The minimum atomic E-state index is -0.250. The molecule has 1 aliphatic heterocycles. The lowest BCUT2D eigenvalue weighted by Gasteiger charge is -2.34. The molecule has 4 rings (SSSR count). The van der Waals surface area contributed by atoms with Crippen molar-refractivity contribution in [3.05, 3.63) is 30.0 Å². The maximum Gasteiger partial charge on any atom is 0.290 e. The van der Waals surface area contributed by atoms with E-state index >= 15 is 0 Å². The van der Waals surface area contributed by atoms with E-state index in [9.17, 15) is 0 Å². The van der Waals surface area contributed by atoms with Gasteiger partial charge in [0.25, 0.3) is 6.47 Å². The smallest absolute Gasteiger partial charge is 0.290 e. The number of anilines is 1. The summed E-state index contributed by atoms with van der Waals surface area (Å²) in [5.41, 5.74) is 5.50. The molecule has 0 spiro atoms. The van der Waals surface area contributed by atoms with Crippen LogP contribution < -0.4 is 4.90 Å². The fraction of sp³-hybridized carbons (Fsp3) is 0.353. The summed E-state index contributed by atoms with van der Waals surface area (Å²) >= 11 is 0. The lowest BCUT2D eigenvalue weighted by molar-refractivity contribution is -0.122. The van der Waals surface area contributed by atoms with Gasteiger partial charge in [-0.2, -0.15) is 5.10 Å². The van der Waals surface area contributed by atoms with Crippen LogP contribution in [0.15, 0.2) is 24.4 Å². The molecule has 3 heterocycles. The van der Waals surface area contributed by atoms with E-state index in [1.54, 1.807) is 6.20 Å². The fourth-order valence-corrected chi connectivity index (χ4v) is 3.03. The van der Waals surface area contributed by atoms with Gasteiger partial charge in [0.2, 0.25) is 0 Å². The molecule has 1 aromatic carbocycles. The van der Waals surface area contributed by atoms with Gasteiger partial charge in [0.1, 0.15) is 5.69 Å². The molecule has 0 radical (unpaired) electrons. The van der Waals surface area contributed by atoms with Gasteiger partial charge in [-0.05, 0) is 37.7 Å². The molecule has 0 atom stereocenters. The third kappa shape index (κ3) is 3.63. The van der Waals surface area contributed by atoms with Crippen LogP contribution in [-0.2, 0) is 4.79 Å². The molecule has 0 unspecified atom stereocenters. The molecule has 0 bridgehead atoms. The number of H-pyrrole nitrogens is 2. The van der Waals surface area contributed by atoms with E-state index in [1.165, 1.54) is 11.3 Å². The Morgan fingerprint density at radius 1 is 1.24 bits per heavy atom. The number of hydrogen-bond donors (Lipinski definition) is 3. The first-order valence-electron chi connectivity index (χ1n) is 8.14. The highest BCUT2D eigenvalue weighted by Crippen LogP contribution is 2.27. The molecule has 0 aliphatic carbocycles. The van der Waals surface area contributed by atoms with Gasteiger partial charge in [-0.1, -0.05) is 0 Å². The first-order chi connectivity index (χ1) is 12.1. The van der Waals surface area contributed by atoms with Gasteiger partial charge in [-0.15, -0.1) is 0 Å². The van der Waals surface area contributed by atoms with Gasteiger partial charge in [0, 0.05) is 38.1 Å². The first-order valence-corrected chi connectivity index (χ1v) is 8.14. The third-order valence-electron chi connectivity index (χ3n) is 4.39. The number of hydrogen-bond acceptors (Lipinski definition) is 5. The van der Waals surface area contributed by atoms with Crippen LogP contribution in [0.1, 0.15) is 5.56 Å². The van der Waals surface area contributed by atoms with E-state index in [4.69, 9.17) is 14.9 Å². The number of imidazole rings is 1. The molecular weight excluding hydrogens is 320 g/mol.